The molecule has 1 aliphatic heterocycles. The molecular formula is C15H24N2O7S. The number of nitrogens with one attached hydrogen (secondary N) is 2. The van der Waals surface area contributed by atoms with E-state index in [2.05, 4.69) is 10.6 Å². The van der Waals surface area contributed by atoms with E-state index in [4.69, 9.17) is 5.11 Å². The molecule has 1 saturated heterocycles. The summed E-state index contributed by atoms with van der Waals surface area (Å²) in [5.41, 5.74) is -1.92. The van der Waals surface area contributed by atoms with E-state index in [1.165, 1.54) is 6.92 Å². The maximum absolute atomic E-state index is 12.8. The molecule has 0 saturated carbocycles. The Kier molecular flexibility index (Phi) is 6.98. The lowest BCUT2D eigenvalue weighted by molar-refractivity contribution is -0.140. The monoisotopic (exact) mass is 376 g/mol. The Morgan fingerprint density at radius 1 is 1.36 bits per heavy atom. The van der Waals surface area contributed by atoms with Gasteiger partial charge in [-0.05, 0) is 5.92 Å². The van der Waals surface area contributed by atoms with Gasteiger partial charge in [-0.15, -0.1) is 0 Å². The maximum Gasteiger partial charge on any atom is 0.327 e. The second kappa shape index (κ2) is 8.15. The molecule has 1 heterocycles. The molecular weight excluding hydrogens is 352 g/mol. The van der Waals surface area contributed by atoms with Crippen LogP contribution in [0.25, 0.3) is 0 Å². The minimum atomic E-state index is -1.92. The lowest BCUT2D eigenvalue weighted by atomic mass is 9.81. The molecule has 2 amide bonds. The van der Waals surface area contributed by atoms with E-state index in [0.29, 0.717) is 11.8 Å². The van der Waals surface area contributed by atoms with Gasteiger partial charge in [-0.25, -0.2) is 4.79 Å². The molecule has 1 aliphatic rings. The third-order valence-corrected chi connectivity index (χ3v) is 5.28. The van der Waals surface area contributed by atoms with Crippen LogP contribution in [0.2, 0.25) is 0 Å². The number of aliphatic carboxylic acids is 1. The van der Waals surface area contributed by atoms with Crippen LogP contribution in [0.1, 0.15) is 27.7 Å². The quantitative estimate of drug-likeness (QED) is 0.368. The first-order chi connectivity index (χ1) is 11.4. The van der Waals surface area contributed by atoms with E-state index in [-0.39, 0.29) is 5.75 Å². The summed E-state index contributed by atoms with van der Waals surface area (Å²) >= 11 is 0.535. The molecule has 0 aromatic rings. The molecule has 0 aromatic heterocycles. The summed E-state index contributed by atoms with van der Waals surface area (Å²) in [5.74, 6) is -4.12. The van der Waals surface area contributed by atoms with Gasteiger partial charge in [-0.3, -0.25) is 14.4 Å². The highest BCUT2D eigenvalue weighted by Gasteiger charge is 2.60. The van der Waals surface area contributed by atoms with Crippen LogP contribution in [0.5, 0.6) is 0 Å². The first-order valence-electron chi connectivity index (χ1n) is 7.80. The minimum absolute atomic E-state index is 0.308. The highest BCUT2D eigenvalue weighted by atomic mass is 32.2. The zero-order valence-corrected chi connectivity index (χ0v) is 15.3. The summed E-state index contributed by atoms with van der Waals surface area (Å²) in [6.45, 7) is 5.84. The fourth-order valence-corrected chi connectivity index (χ4v) is 3.77. The Bertz CT molecular complexity index is 568. The van der Waals surface area contributed by atoms with Crippen molar-refractivity contribution in [3.8, 4) is 0 Å². The van der Waals surface area contributed by atoms with Crippen molar-refractivity contribution in [1.29, 1.82) is 0 Å². The lowest BCUT2D eigenvalue weighted by Crippen LogP contribution is -2.64. The number of aliphatic hydroxyl groups excluding tert-OH is 2. The molecule has 1 fully saturated rings. The first kappa shape index (κ1) is 21.4. The zero-order chi connectivity index (χ0) is 19.5. The van der Waals surface area contributed by atoms with Gasteiger partial charge in [0.25, 0.3) is 0 Å². The van der Waals surface area contributed by atoms with Gasteiger partial charge in [0.05, 0.1) is 18.1 Å². The molecule has 9 nitrogen and oxygen atoms in total. The molecule has 142 valence electrons. The molecule has 1 rings (SSSR count). The topological polar surface area (TPSA) is 153 Å². The van der Waals surface area contributed by atoms with Crippen molar-refractivity contribution in [3.05, 3.63) is 0 Å². The molecule has 0 bridgehead atoms. The second-order valence-corrected chi connectivity index (χ2v) is 7.46. The van der Waals surface area contributed by atoms with Gasteiger partial charge >= 0.3 is 5.97 Å². The predicted octanol–water partition coefficient (Wildman–Crippen LogP) is -1.28. The fraction of sp³-hybridized carbons (Fsp3) is 0.733. The fourth-order valence-electron chi connectivity index (χ4n) is 2.70. The molecule has 10 heteroatoms. The number of hydrogen-bond acceptors (Lipinski definition) is 7. The third-order valence-electron chi connectivity index (χ3n) is 4.18. The summed E-state index contributed by atoms with van der Waals surface area (Å²) in [6, 6.07) is -1.31. The summed E-state index contributed by atoms with van der Waals surface area (Å²) < 4.78 is 0. The number of hydrogen-bond donors (Lipinski definition) is 5. The smallest absolute Gasteiger partial charge is 0.327 e. The van der Waals surface area contributed by atoms with E-state index >= 15 is 0 Å². The van der Waals surface area contributed by atoms with Gasteiger partial charge in [0.15, 0.2) is 5.54 Å². The zero-order valence-electron chi connectivity index (χ0n) is 14.5. The van der Waals surface area contributed by atoms with E-state index in [1.807, 2.05) is 0 Å². The molecule has 4 unspecified atom stereocenters. The normalized spacial score (nSPS) is 28.4. The number of carboxylic acids is 1. The van der Waals surface area contributed by atoms with Gasteiger partial charge < -0.3 is 26.0 Å². The van der Waals surface area contributed by atoms with E-state index in [1.54, 1.807) is 13.8 Å². The minimum Gasteiger partial charge on any atom is -0.480 e. The van der Waals surface area contributed by atoms with Gasteiger partial charge in [-0.2, -0.15) is 0 Å². The Balaban J connectivity index is 3.04. The van der Waals surface area contributed by atoms with Crippen molar-refractivity contribution in [1.82, 2.24) is 10.6 Å². The lowest BCUT2D eigenvalue weighted by Gasteiger charge is -2.37. The maximum atomic E-state index is 12.8. The predicted molar refractivity (Wildman–Crippen MR) is 89.6 cm³/mol. The number of aliphatic hydroxyl groups is 2. The van der Waals surface area contributed by atoms with E-state index in [9.17, 15) is 29.4 Å². The van der Waals surface area contributed by atoms with Gasteiger partial charge in [0.2, 0.25) is 16.9 Å². The molecule has 0 aliphatic carbocycles. The molecule has 5 atom stereocenters. The average molecular weight is 376 g/mol. The van der Waals surface area contributed by atoms with Crippen LogP contribution in [0.4, 0.5) is 0 Å². The molecule has 0 aromatic carbocycles. The van der Waals surface area contributed by atoms with E-state index in [0.717, 1.165) is 6.92 Å². The third kappa shape index (κ3) is 4.31. The largest absolute Gasteiger partial charge is 0.480 e. The highest BCUT2D eigenvalue weighted by Crippen LogP contribution is 2.36. The van der Waals surface area contributed by atoms with Crippen molar-refractivity contribution >= 4 is 34.7 Å². The second-order valence-electron chi connectivity index (χ2n) is 6.47. The SMILES string of the molecule is CC(=O)NC(CSC(=O)[C@]1(C(O)C(C)C)NC(=O)C(C)C1O)C(=O)O. The van der Waals surface area contributed by atoms with Crippen molar-refractivity contribution in [2.75, 3.05) is 5.75 Å². The van der Waals surface area contributed by atoms with Crippen LogP contribution in [0.3, 0.4) is 0 Å². The standard InChI is InChI=1S/C15H24N2O7S/c1-6(2)10(19)15(11(20)7(3)12(21)17-15)14(24)25-5-9(13(22)23)16-8(4)18/h6-7,9-11,19-20H,5H2,1-4H3,(H,16,18)(H,17,21)(H,22,23)/t7?,9?,10?,11?,15-/m1/s1. The number of rotatable bonds is 7. The number of carbonyl (C=O) groups excluding carboxylic acids is 3. The number of carboxylic acid groups (broad SMARTS) is 1. The Labute approximate surface area is 149 Å². The number of carbonyl (C=O) groups is 4. The number of amides is 2. The summed E-state index contributed by atoms with van der Waals surface area (Å²) in [6.07, 6.45) is -2.82. The van der Waals surface area contributed by atoms with Crippen LogP contribution in [-0.2, 0) is 19.2 Å². The van der Waals surface area contributed by atoms with Gasteiger partial charge in [-0.1, -0.05) is 32.5 Å². The van der Waals surface area contributed by atoms with Crippen LogP contribution in [0.15, 0.2) is 0 Å². The summed E-state index contributed by atoms with van der Waals surface area (Å²) in [7, 11) is 0. The molecule has 25 heavy (non-hydrogen) atoms. The molecule has 0 radical (unpaired) electrons. The first-order valence-corrected chi connectivity index (χ1v) is 8.79. The van der Waals surface area contributed by atoms with Crippen LogP contribution in [-0.4, -0.2) is 67.8 Å². The van der Waals surface area contributed by atoms with Crippen LogP contribution < -0.4 is 10.6 Å². The van der Waals surface area contributed by atoms with Gasteiger partial charge in [0.1, 0.15) is 6.04 Å². The average Bonchev–Trinajstić information content (AvgIpc) is 2.74. The summed E-state index contributed by atoms with van der Waals surface area (Å²) in [4.78, 5) is 46.9. The van der Waals surface area contributed by atoms with Crippen LogP contribution in [0, 0.1) is 11.8 Å². The van der Waals surface area contributed by atoms with Crippen molar-refractivity contribution < 1.29 is 34.5 Å². The van der Waals surface area contributed by atoms with Crippen molar-refractivity contribution in [3.63, 3.8) is 0 Å². The molecule has 0 spiro atoms. The Morgan fingerprint density at radius 3 is 2.28 bits per heavy atom. The Hall–Kier alpha value is -1.65. The number of thioether (sulfide) groups is 1. The van der Waals surface area contributed by atoms with E-state index < -0.39 is 58.5 Å². The molecule has 5 N–H and O–H groups in total. The Morgan fingerprint density at radius 2 is 1.92 bits per heavy atom. The van der Waals surface area contributed by atoms with Crippen molar-refractivity contribution in [2.24, 2.45) is 11.8 Å². The highest BCUT2D eigenvalue weighted by molar-refractivity contribution is 8.13. The van der Waals surface area contributed by atoms with Crippen molar-refractivity contribution in [2.45, 2.75) is 51.5 Å². The van der Waals surface area contributed by atoms with Gasteiger partial charge in [0, 0.05) is 12.7 Å². The summed E-state index contributed by atoms with van der Waals surface area (Å²) in [5, 5.41) is 33.8. The van der Waals surface area contributed by atoms with Crippen LogP contribution >= 0.6 is 11.8 Å².